The molecule has 1 aromatic carbocycles. The van der Waals surface area contributed by atoms with Gasteiger partial charge < -0.3 is 4.90 Å². The SMILES string of the molecule is C=C/C=C\C(=C/C)C(=C)N1CCC(C(=C)C)(c2ccc(C(=C)/C=C(/N=CC)C(C)=C(C)C)cc2C)C1. The van der Waals surface area contributed by atoms with Gasteiger partial charge in [0.15, 0.2) is 0 Å². The van der Waals surface area contributed by atoms with Gasteiger partial charge in [-0.3, -0.25) is 4.99 Å². The number of allylic oxidation sites excluding steroid dienone is 8. The van der Waals surface area contributed by atoms with Crippen molar-refractivity contribution in [2.45, 2.75) is 60.3 Å². The predicted octanol–water partition coefficient (Wildman–Crippen LogP) is 9.06. The number of hydrogen-bond donors (Lipinski definition) is 0. The normalized spacial score (nSPS) is 18.7. The second-order valence-corrected chi connectivity index (χ2v) is 9.92. The Morgan fingerprint density at radius 3 is 2.31 bits per heavy atom. The van der Waals surface area contributed by atoms with E-state index < -0.39 is 0 Å². The standard InChI is InChI=1S/C34H44N2/c1-12-15-16-30(13-2)29(11)36-20-19-34(23-36,25(6)7)32-18-17-31(21-27(32)9)26(8)22-33(35-14-3)28(10)24(4)5/h12-18,21-22H,1,6,8,11,19-20,23H2,2-5,7,9-10H3/b16-15-,30-13+,33-22+,35-14?. The first kappa shape index (κ1) is 28.8. The molecular weight excluding hydrogens is 436 g/mol. The van der Waals surface area contributed by atoms with Crippen LogP contribution in [0.1, 0.15) is 64.7 Å². The van der Waals surface area contributed by atoms with Crippen molar-refractivity contribution in [3.05, 3.63) is 125 Å². The Morgan fingerprint density at radius 2 is 1.78 bits per heavy atom. The van der Waals surface area contributed by atoms with Crippen LogP contribution in [0.5, 0.6) is 0 Å². The molecule has 190 valence electrons. The fourth-order valence-corrected chi connectivity index (χ4v) is 4.84. The van der Waals surface area contributed by atoms with E-state index in [0.717, 1.165) is 47.6 Å². The summed E-state index contributed by atoms with van der Waals surface area (Å²) in [5.41, 5.74) is 11.3. The van der Waals surface area contributed by atoms with Crippen LogP contribution >= 0.6 is 0 Å². The quantitative estimate of drug-likeness (QED) is 0.185. The minimum atomic E-state index is -0.111. The molecule has 0 spiro atoms. The monoisotopic (exact) mass is 480 g/mol. The Morgan fingerprint density at radius 1 is 1.08 bits per heavy atom. The van der Waals surface area contributed by atoms with Crippen molar-refractivity contribution >= 4 is 11.8 Å². The number of aryl methyl sites for hydroxylation is 1. The first-order chi connectivity index (χ1) is 17.0. The van der Waals surface area contributed by atoms with Gasteiger partial charge in [0.2, 0.25) is 0 Å². The molecule has 1 aromatic rings. The van der Waals surface area contributed by atoms with Crippen LogP contribution < -0.4 is 0 Å². The summed E-state index contributed by atoms with van der Waals surface area (Å²) in [5.74, 6) is 0. The molecule has 1 heterocycles. The molecule has 0 aliphatic carbocycles. The van der Waals surface area contributed by atoms with Gasteiger partial charge in [-0.1, -0.05) is 80.0 Å². The maximum absolute atomic E-state index is 4.59. The molecule has 0 amide bonds. The summed E-state index contributed by atoms with van der Waals surface area (Å²) < 4.78 is 0. The lowest BCUT2D eigenvalue weighted by molar-refractivity contribution is 0.406. The van der Waals surface area contributed by atoms with Gasteiger partial charge >= 0.3 is 0 Å². The molecule has 0 radical (unpaired) electrons. The number of hydrogen-bond acceptors (Lipinski definition) is 2. The summed E-state index contributed by atoms with van der Waals surface area (Å²) in [6.45, 7) is 33.5. The Labute approximate surface area is 220 Å². The van der Waals surface area contributed by atoms with E-state index in [1.807, 2.05) is 19.2 Å². The smallest absolute Gasteiger partial charge is 0.0660 e. The number of aliphatic imine (C=N–C) groups is 1. The van der Waals surface area contributed by atoms with Crippen molar-refractivity contribution in [1.82, 2.24) is 4.90 Å². The lowest BCUT2D eigenvalue weighted by Crippen LogP contribution is -2.32. The minimum absolute atomic E-state index is 0.111. The maximum atomic E-state index is 4.59. The van der Waals surface area contributed by atoms with Gasteiger partial charge in [-0.15, -0.1) is 0 Å². The van der Waals surface area contributed by atoms with Gasteiger partial charge in [-0.05, 0) is 94.4 Å². The van der Waals surface area contributed by atoms with Crippen molar-refractivity contribution in [2.24, 2.45) is 4.99 Å². The van der Waals surface area contributed by atoms with E-state index in [1.54, 1.807) is 6.08 Å². The molecule has 1 fully saturated rings. The van der Waals surface area contributed by atoms with E-state index >= 15 is 0 Å². The third kappa shape index (κ3) is 6.23. The highest BCUT2D eigenvalue weighted by Crippen LogP contribution is 2.44. The summed E-state index contributed by atoms with van der Waals surface area (Å²) in [6, 6.07) is 6.72. The van der Waals surface area contributed by atoms with Crippen LogP contribution in [0.4, 0.5) is 0 Å². The van der Waals surface area contributed by atoms with E-state index in [2.05, 4.69) is 114 Å². The average molecular weight is 481 g/mol. The van der Waals surface area contributed by atoms with Crippen molar-refractivity contribution < 1.29 is 0 Å². The third-order valence-electron chi connectivity index (χ3n) is 7.35. The highest BCUT2D eigenvalue weighted by atomic mass is 15.2. The topological polar surface area (TPSA) is 15.6 Å². The summed E-state index contributed by atoms with van der Waals surface area (Å²) in [4.78, 5) is 6.98. The van der Waals surface area contributed by atoms with Crippen LogP contribution in [-0.2, 0) is 5.41 Å². The minimum Gasteiger partial charge on any atom is -0.370 e. The lowest BCUT2D eigenvalue weighted by Gasteiger charge is -2.33. The second kappa shape index (κ2) is 12.5. The van der Waals surface area contributed by atoms with Crippen LogP contribution in [-0.4, -0.2) is 24.2 Å². The molecule has 1 aliphatic heterocycles. The van der Waals surface area contributed by atoms with E-state index in [0.29, 0.717) is 0 Å². The number of nitrogens with zero attached hydrogens (tertiary/aromatic N) is 2. The van der Waals surface area contributed by atoms with Crippen LogP contribution in [0.15, 0.2) is 114 Å². The molecule has 1 aliphatic rings. The van der Waals surface area contributed by atoms with Gasteiger partial charge in [-0.25, -0.2) is 0 Å². The van der Waals surface area contributed by atoms with E-state index in [4.69, 9.17) is 0 Å². The fourth-order valence-electron chi connectivity index (χ4n) is 4.84. The number of benzene rings is 1. The van der Waals surface area contributed by atoms with Gasteiger partial charge in [0, 0.05) is 30.4 Å². The van der Waals surface area contributed by atoms with Gasteiger partial charge in [-0.2, -0.15) is 0 Å². The van der Waals surface area contributed by atoms with Crippen LogP contribution in [0, 0.1) is 6.92 Å². The highest BCUT2D eigenvalue weighted by molar-refractivity contribution is 5.75. The molecule has 0 saturated carbocycles. The number of rotatable bonds is 10. The molecule has 2 rings (SSSR count). The molecule has 2 heteroatoms. The summed E-state index contributed by atoms with van der Waals surface area (Å²) in [5, 5.41) is 0. The fraction of sp³-hybridized carbons (Fsp3) is 0.324. The van der Waals surface area contributed by atoms with Crippen LogP contribution in [0.2, 0.25) is 0 Å². The van der Waals surface area contributed by atoms with Gasteiger partial charge in [0.25, 0.3) is 0 Å². The van der Waals surface area contributed by atoms with Crippen molar-refractivity contribution in [1.29, 1.82) is 0 Å². The number of likely N-dealkylation sites (tertiary alicyclic amines) is 1. The largest absolute Gasteiger partial charge is 0.370 e. The molecule has 2 nitrogen and oxygen atoms in total. The van der Waals surface area contributed by atoms with Gasteiger partial charge in [0.05, 0.1) is 5.70 Å². The summed E-state index contributed by atoms with van der Waals surface area (Å²) in [7, 11) is 0. The van der Waals surface area contributed by atoms with Crippen molar-refractivity contribution in [3.8, 4) is 0 Å². The van der Waals surface area contributed by atoms with Gasteiger partial charge in [0.1, 0.15) is 0 Å². The molecule has 0 aromatic heterocycles. The molecule has 0 N–H and O–H groups in total. The second-order valence-electron chi connectivity index (χ2n) is 9.92. The predicted molar refractivity (Wildman–Crippen MR) is 161 cm³/mol. The molecular formula is C34H44N2. The maximum Gasteiger partial charge on any atom is 0.0660 e. The average Bonchev–Trinajstić information content (AvgIpc) is 3.30. The first-order valence-electron chi connectivity index (χ1n) is 12.7. The van der Waals surface area contributed by atoms with E-state index in [9.17, 15) is 0 Å². The van der Waals surface area contributed by atoms with E-state index in [1.165, 1.54) is 27.8 Å². The lowest BCUT2D eigenvalue weighted by atomic mass is 9.72. The Kier molecular flexibility index (Phi) is 10.0. The van der Waals surface area contributed by atoms with Crippen LogP contribution in [0.25, 0.3) is 5.57 Å². The zero-order valence-electron chi connectivity index (χ0n) is 23.5. The van der Waals surface area contributed by atoms with Crippen molar-refractivity contribution in [3.63, 3.8) is 0 Å². The summed E-state index contributed by atoms with van der Waals surface area (Å²) in [6.07, 6.45) is 12.9. The summed E-state index contributed by atoms with van der Waals surface area (Å²) >= 11 is 0. The zero-order chi connectivity index (χ0) is 27.0. The zero-order valence-corrected chi connectivity index (χ0v) is 23.5. The van der Waals surface area contributed by atoms with Crippen molar-refractivity contribution in [2.75, 3.05) is 13.1 Å². The first-order valence-corrected chi connectivity index (χ1v) is 12.7. The van der Waals surface area contributed by atoms with E-state index in [-0.39, 0.29) is 5.41 Å². The highest BCUT2D eigenvalue weighted by Gasteiger charge is 2.41. The molecule has 1 atom stereocenters. The Bertz CT molecular complexity index is 1190. The Hall–Kier alpha value is -3.39. The molecule has 36 heavy (non-hydrogen) atoms. The van der Waals surface area contributed by atoms with Crippen LogP contribution in [0.3, 0.4) is 0 Å². The Balaban J connectivity index is 2.43. The third-order valence-corrected chi connectivity index (χ3v) is 7.35. The molecule has 0 bridgehead atoms. The molecule has 1 saturated heterocycles. The molecule has 1 unspecified atom stereocenters.